The molecule has 0 bridgehead atoms. The third kappa shape index (κ3) is 1.04. The van der Waals surface area contributed by atoms with Crippen molar-refractivity contribution in [3.8, 4) is 0 Å². The first-order valence-corrected chi connectivity index (χ1v) is 8.52. The Balaban J connectivity index is 1.64. The van der Waals surface area contributed by atoms with Crippen molar-refractivity contribution in [2.45, 2.75) is 50.7 Å². The van der Waals surface area contributed by atoms with Crippen molar-refractivity contribution in [1.29, 1.82) is 0 Å². The van der Waals surface area contributed by atoms with Crippen molar-refractivity contribution < 1.29 is 9.53 Å². The quantitative estimate of drug-likeness (QED) is 0.740. The fraction of sp³-hybridized carbons (Fsp3) is 0.722. The molecular weight excluding hydrogens is 262 g/mol. The lowest BCUT2D eigenvalue weighted by atomic mass is 9.48. The number of nitrogens with one attached hydrogen (secondary N) is 1. The zero-order valence-electron chi connectivity index (χ0n) is 12.3. The second-order valence-corrected chi connectivity index (χ2v) is 8.26. The normalized spacial score (nSPS) is 51.3. The average Bonchev–Trinajstić information content (AvgIpc) is 3.06. The van der Waals surface area contributed by atoms with Crippen LogP contribution in [0.5, 0.6) is 0 Å². The van der Waals surface area contributed by atoms with Gasteiger partial charge in [-0.15, -0.1) is 0 Å². The zero-order chi connectivity index (χ0) is 13.9. The van der Waals surface area contributed by atoms with E-state index in [2.05, 4.69) is 17.5 Å². The molecule has 0 radical (unpaired) electrons. The Morgan fingerprint density at radius 3 is 3.05 bits per heavy atom. The lowest BCUT2D eigenvalue weighted by Crippen LogP contribution is -2.63. The van der Waals surface area contributed by atoms with Crippen LogP contribution in [-0.2, 0) is 9.53 Å². The molecule has 2 saturated carbocycles. The van der Waals surface area contributed by atoms with Crippen LogP contribution in [0.15, 0.2) is 23.3 Å². The second-order valence-electron chi connectivity index (χ2n) is 8.26. The van der Waals surface area contributed by atoms with E-state index in [1.54, 1.807) is 5.57 Å². The summed E-state index contributed by atoms with van der Waals surface area (Å²) in [6.45, 7) is 2.12. The Bertz CT molecular complexity index is 644. The summed E-state index contributed by atoms with van der Waals surface area (Å²) in [5.74, 6) is 0.461. The molecule has 4 aliphatic carbocycles. The highest BCUT2D eigenvalue weighted by Gasteiger charge is 2.77. The fourth-order valence-electron chi connectivity index (χ4n) is 6.63. The van der Waals surface area contributed by atoms with E-state index in [1.165, 1.54) is 12.0 Å². The fourth-order valence-corrected chi connectivity index (χ4v) is 6.63. The summed E-state index contributed by atoms with van der Waals surface area (Å²) in [7, 11) is 0. The van der Waals surface area contributed by atoms with Crippen LogP contribution in [0, 0.1) is 16.2 Å². The lowest BCUT2D eigenvalue weighted by Gasteiger charge is -2.56. The third-order valence-corrected chi connectivity index (χ3v) is 7.49. The summed E-state index contributed by atoms with van der Waals surface area (Å²) >= 11 is 0. The van der Waals surface area contributed by atoms with Crippen LogP contribution < -0.4 is 5.32 Å². The molecule has 6 aliphatic rings. The van der Waals surface area contributed by atoms with Gasteiger partial charge in [0.1, 0.15) is 6.10 Å². The molecule has 1 N–H and O–H groups in total. The van der Waals surface area contributed by atoms with E-state index >= 15 is 0 Å². The number of ether oxygens (including phenoxy) is 1. The van der Waals surface area contributed by atoms with Crippen LogP contribution in [0.4, 0.5) is 0 Å². The van der Waals surface area contributed by atoms with E-state index in [-0.39, 0.29) is 28.5 Å². The zero-order valence-corrected chi connectivity index (χ0v) is 12.3. The number of Topliss-reactive ketones (excluding diaryl/α,β-unsaturated/α-hetero) is 1. The van der Waals surface area contributed by atoms with Crippen LogP contribution in [0.1, 0.15) is 38.5 Å². The minimum atomic E-state index is -0.131. The summed E-state index contributed by atoms with van der Waals surface area (Å²) in [6.07, 6.45) is 11.2. The van der Waals surface area contributed by atoms with Gasteiger partial charge in [0.25, 0.3) is 0 Å². The first-order chi connectivity index (χ1) is 10.2. The molecule has 4 fully saturated rings. The van der Waals surface area contributed by atoms with Crippen molar-refractivity contribution in [1.82, 2.24) is 5.32 Å². The maximum absolute atomic E-state index is 13.2. The Hall–Kier alpha value is -0.930. The highest BCUT2D eigenvalue weighted by atomic mass is 16.5. The number of carbonyl (C=O) groups excluding carboxylic acids is 1. The highest BCUT2D eigenvalue weighted by molar-refractivity contribution is 5.95. The number of carbonyl (C=O) groups is 1. The molecule has 3 heteroatoms. The van der Waals surface area contributed by atoms with Crippen LogP contribution in [0.3, 0.4) is 0 Å². The molecule has 0 aromatic rings. The monoisotopic (exact) mass is 283 g/mol. The molecule has 2 heterocycles. The van der Waals surface area contributed by atoms with E-state index in [0.29, 0.717) is 5.78 Å². The van der Waals surface area contributed by atoms with Gasteiger partial charge in [0.15, 0.2) is 5.78 Å². The van der Waals surface area contributed by atoms with Crippen molar-refractivity contribution in [3.63, 3.8) is 0 Å². The van der Waals surface area contributed by atoms with Gasteiger partial charge in [-0.25, -0.2) is 0 Å². The highest BCUT2D eigenvalue weighted by Crippen LogP contribution is 2.76. The van der Waals surface area contributed by atoms with E-state index in [4.69, 9.17) is 4.74 Å². The van der Waals surface area contributed by atoms with Crippen molar-refractivity contribution in [3.05, 3.63) is 23.3 Å². The van der Waals surface area contributed by atoms with Crippen LogP contribution >= 0.6 is 0 Å². The van der Waals surface area contributed by atoms with E-state index in [1.807, 2.05) is 0 Å². The van der Waals surface area contributed by atoms with Crippen molar-refractivity contribution >= 4 is 5.78 Å². The van der Waals surface area contributed by atoms with Gasteiger partial charge in [-0.2, -0.15) is 0 Å². The molecule has 110 valence electrons. The van der Waals surface area contributed by atoms with Gasteiger partial charge in [0.05, 0.1) is 6.10 Å². The Labute approximate surface area is 124 Å². The molecule has 6 rings (SSSR count). The molecule has 2 saturated heterocycles. The smallest absolute Gasteiger partial charge is 0.168 e. The van der Waals surface area contributed by atoms with Gasteiger partial charge in [0.2, 0.25) is 0 Å². The first-order valence-electron chi connectivity index (χ1n) is 8.52. The predicted molar refractivity (Wildman–Crippen MR) is 77.7 cm³/mol. The molecule has 3 nitrogen and oxygen atoms in total. The molecular formula is C18H21NO2. The average molecular weight is 283 g/mol. The third-order valence-electron chi connectivity index (χ3n) is 7.49. The minimum Gasteiger partial charge on any atom is -0.362 e. The number of allylic oxidation sites excluding steroid dienone is 2. The number of ketones is 1. The minimum absolute atomic E-state index is 0.00838. The molecule has 0 aromatic heterocycles. The summed E-state index contributed by atoms with van der Waals surface area (Å²) < 4.78 is 6.43. The SMILES string of the molecule is O=C1C2OC3CC=CC4=C3C23CCNCC3(C4)CC12CC2. The Morgan fingerprint density at radius 1 is 1.29 bits per heavy atom. The van der Waals surface area contributed by atoms with Crippen LogP contribution in [0.25, 0.3) is 0 Å². The lowest BCUT2D eigenvalue weighted by molar-refractivity contribution is -0.161. The topological polar surface area (TPSA) is 38.3 Å². The first kappa shape index (κ1) is 11.6. The molecule has 4 unspecified atom stereocenters. The molecule has 4 atom stereocenters. The van der Waals surface area contributed by atoms with E-state index in [9.17, 15) is 4.79 Å². The maximum Gasteiger partial charge on any atom is 0.168 e. The van der Waals surface area contributed by atoms with E-state index in [0.717, 1.165) is 45.2 Å². The van der Waals surface area contributed by atoms with Crippen molar-refractivity contribution in [2.24, 2.45) is 16.2 Å². The molecule has 21 heavy (non-hydrogen) atoms. The second kappa shape index (κ2) is 3.21. The largest absolute Gasteiger partial charge is 0.362 e. The number of hydrogen-bond donors (Lipinski definition) is 1. The van der Waals surface area contributed by atoms with Gasteiger partial charge in [-0.05, 0) is 56.2 Å². The molecule has 0 aromatic carbocycles. The number of piperidine rings is 1. The maximum atomic E-state index is 13.2. The molecule has 0 amide bonds. The van der Waals surface area contributed by atoms with E-state index < -0.39 is 0 Å². The van der Waals surface area contributed by atoms with Gasteiger partial charge >= 0.3 is 0 Å². The van der Waals surface area contributed by atoms with Gasteiger partial charge in [0, 0.05) is 22.8 Å². The summed E-state index contributed by atoms with van der Waals surface area (Å²) in [4.78, 5) is 13.2. The van der Waals surface area contributed by atoms with Crippen LogP contribution in [-0.4, -0.2) is 31.1 Å². The van der Waals surface area contributed by atoms with Crippen molar-refractivity contribution in [2.75, 3.05) is 13.1 Å². The van der Waals surface area contributed by atoms with Gasteiger partial charge in [-0.3, -0.25) is 4.79 Å². The summed E-state index contributed by atoms with van der Waals surface area (Å²) in [5, 5.41) is 3.65. The van der Waals surface area contributed by atoms with Gasteiger partial charge in [-0.1, -0.05) is 12.2 Å². The molecule has 2 aliphatic heterocycles. The summed E-state index contributed by atoms with van der Waals surface area (Å²) in [5.41, 5.74) is 3.36. The Kier molecular flexibility index (Phi) is 1.77. The predicted octanol–water partition coefficient (Wildman–Crippen LogP) is 2.13. The Morgan fingerprint density at radius 2 is 2.19 bits per heavy atom. The van der Waals surface area contributed by atoms with Gasteiger partial charge < -0.3 is 10.1 Å². The molecule has 2 spiro atoms. The standard InChI is InChI=1S/C18H21NO2/c20-14-15-18-6-7-19-10-17(18,9-16(14)4-5-16)8-11-2-1-3-12(21-15)13(11)18/h1-2,12,15,19H,3-10H2. The number of rotatable bonds is 0. The number of hydrogen-bond acceptors (Lipinski definition) is 3. The van der Waals surface area contributed by atoms with Crippen LogP contribution in [0.2, 0.25) is 0 Å². The summed E-state index contributed by atoms with van der Waals surface area (Å²) in [6, 6.07) is 0.